The van der Waals surface area contributed by atoms with Gasteiger partial charge >= 0.3 is 0 Å². The van der Waals surface area contributed by atoms with Crippen LogP contribution in [0.5, 0.6) is 0 Å². The third kappa shape index (κ3) is 2.11. The van der Waals surface area contributed by atoms with Crippen molar-refractivity contribution < 1.29 is 4.79 Å². The standard InChI is InChI=1S/C15H17N5O/c1-10-3-4-11-8-19(9-12(11)7-10)14(21)13-17-15-16-5-2-6-20(15)18-13/h2-3,5-6,11-12H,4,7-9H2,1H3/t11-,12+/m1/s1. The lowest BCUT2D eigenvalue weighted by Gasteiger charge is -2.21. The van der Waals surface area contributed by atoms with E-state index in [1.165, 1.54) is 5.57 Å². The molecule has 6 nitrogen and oxygen atoms in total. The predicted octanol–water partition coefficient (Wildman–Crippen LogP) is 1.55. The van der Waals surface area contributed by atoms with Crippen molar-refractivity contribution in [1.82, 2.24) is 24.5 Å². The van der Waals surface area contributed by atoms with E-state index >= 15 is 0 Å². The molecular formula is C15H17N5O. The molecule has 0 radical (unpaired) electrons. The van der Waals surface area contributed by atoms with Crippen LogP contribution in [-0.2, 0) is 0 Å². The molecule has 1 fully saturated rings. The first kappa shape index (κ1) is 12.5. The van der Waals surface area contributed by atoms with E-state index in [0.29, 0.717) is 17.6 Å². The maximum atomic E-state index is 12.6. The number of carbonyl (C=O) groups excluding carboxylic acids is 1. The Morgan fingerprint density at radius 2 is 2.19 bits per heavy atom. The van der Waals surface area contributed by atoms with Gasteiger partial charge in [-0.2, -0.15) is 4.98 Å². The smallest absolute Gasteiger partial charge is 0.293 e. The molecule has 0 N–H and O–H groups in total. The minimum absolute atomic E-state index is 0.0763. The summed E-state index contributed by atoms with van der Waals surface area (Å²) >= 11 is 0. The number of carbonyl (C=O) groups is 1. The van der Waals surface area contributed by atoms with Crippen LogP contribution in [0, 0.1) is 11.8 Å². The summed E-state index contributed by atoms with van der Waals surface area (Å²) in [4.78, 5) is 22.8. The van der Waals surface area contributed by atoms with Gasteiger partial charge in [-0.05, 0) is 37.7 Å². The van der Waals surface area contributed by atoms with Gasteiger partial charge in [-0.15, -0.1) is 5.10 Å². The molecule has 0 spiro atoms. The van der Waals surface area contributed by atoms with Gasteiger partial charge < -0.3 is 4.90 Å². The molecule has 1 amide bonds. The first-order valence-corrected chi connectivity index (χ1v) is 7.33. The van der Waals surface area contributed by atoms with Gasteiger partial charge in [-0.1, -0.05) is 11.6 Å². The maximum absolute atomic E-state index is 12.6. The van der Waals surface area contributed by atoms with Crippen molar-refractivity contribution in [3.05, 3.63) is 35.9 Å². The number of aromatic nitrogens is 4. The minimum Gasteiger partial charge on any atom is -0.335 e. The molecule has 1 saturated heterocycles. The number of hydrogen-bond donors (Lipinski definition) is 0. The number of rotatable bonds is 1. The topological polar surface area (TPSA) is 63.4 Å². The molecule has 2 aromatic rings. The molecule has 0 aromatic carbocycles. The van der Waals surface area contributed by atoms with E-state index in [1.54, 1.807) is 23.0 Å². The molecule has 4 rings (SSSR count). The molecule has 108 valence electrons. The SMILES string of the molecule is CC1=CC[C@@H]2CN(C(=O)c3nc4ncccn4n3)C[C@@H]2C1. The Kier molecular flexibility index (Phi) is 2.77. The molecule has 0 bridgehead atoms. The van der Waals surface area contributed by atoms with E-state index in [1.807, 2.05) is 4.90 Å². The summed E-state index contributed by atoms with van der Waals surface area (Å²) in [6.45, 7) is 3.81. The fraction of sp³-hybridized carbons (Fsp3) is 0.467. The number of allylic oxidation sites excluding steroid dienone is 2. The molecule has 1 aliphatic heterocycles. The lowest BCUT2D eigenvalue weighted by Crippen LogP contribution is -2.30. The van der Waals surface area contributed by atoms with Crippen LogP contribution in [0.2, 0.25) is 0 Å². The zero-order valence-corrected chi connectivity index (χ0v) is 11.9. The highest BCUT2D eigenvalue weighted by Gasteiger charge is 2.37. The van der Waals surface area contributed by atoms with Crippen LogP contribution in [0.1, 0.15) is 30.4 Å². The van der Waals surface area contributed by atoms with E-state index in [-0.39, 0.29) is 11.7 Å². The zero-order valence-electron chi connectivity index (χ0n) is 11.9. The molecular weight excluding hydrogens is 266 g/mol. The Bertz CT molecular complexity index is 701. The van der Waals surface area contributed by atoms with Crippen LogP contribution in [0.4, 0.5) is 0 Å². The van der Waals surface area contributed by atoms with Crippen LogP contribution in [-0.4, -0.2) is 43.5 Å². The quantitative estimate of drug-likeness (QED) is 0.745. The lowest BCUT2D eigenvalue weighted by molar-refractivity contribution is 0.0772. The van der Waals surface area contributed by atoms with Gasteiger partial charge in [0.25, 0.3) is 11.7 Å². The molecule has 1 aliphatic carbocycles. The minimum atomic E-state index is -0.0763. The molecule has 0 unspecified atom stereocenters. The fourth-order valence-corrected chi connectivity index (χ4v) is 3.42. The Morgan fingerprint density at radius 3 is 3.05 bits per heavy atom. The number of amides is 1. The summed E-state index contributed by atoms with van der Waals surface area (Å²) in [5.74, 6) is 1.82. The van der Waals surface area contributed by atoms with Crippen molar-refractivity contribution in [3.63, 3.8) is 0 Å². The third-order valence-electron chi connectivity index (χ3n) is 4.52. The summed E-state index contributed by atoms with van der Waals surface area (Å²) in [5, 5.41) is 4.23. The van der Waals surface area contributed by atoms with Gasteiger partial charge in [0.15, 0.2) is 0 Å². The second kappa shape index (κ2) is 4.65. The van der Waals surface area contributed by atoms with Gasteiger partial charge in [0.2, 0.25) is 5.82 Å². The van der Waals surface area contributed by atoms with E-state index < -0.39 is 0 Å². The number of hydrogen-bond acceptors (Lipinski definition) is 4. The summed E-state index contributed by atoms with van der Waals surface area (Å²) < 4.78 is 1.54. The average Bonchev–Trinajstić information content (AvgIpc) is 3.09. The number of nitrogens with zero attached hydrogens (tertiary/aromatic N) is 5. The highest BCUT2D eigenvalue weighted by molar-refractivity contribution is 5.91. The van der Waals surface area contributed by atoms with E-state index in [0.717, 1.165) is 25.9 Å². The summed E-state index contributed by atoms with van der Waals surface area (Å²) in [7, 11) is 0. The highest BCUT2D eigenvalue weighted by atomic mass is 16.2. The normalized spacial score (nSPS) is 25.0. The fourth-order valence-electron chi connectivity index (χ4n) is 3.42. The largest absolute Gasteiger partial charge is 0.335 e. The molecule has 0 saturated carbocycles. The predicted molar refractivity (Wildman–Crippen MR) is 76.7 cm³/mol. The first-order valence-electron chi connectivity index (χ1n) is 7.33. The Morgan fingerprint density at radius 1 is 1.33 bits per heavy atom. The van der Waals surface area contributed by atoms with Gasteiger partial charge in [-0.3, -0.25) is 4.79 Å². The van der Waals surface area contributed by atoms with Gasteiger partial charge in [-0.25, -0.2) is 9.50 Å². The molecule has 2 aliphatic rings. The van der Waals surface area contributed by atoms with Crippen LogP contribution in [0.15, 0.2) is 30.1 Å². The van der Waals surface area contributed by atoms with E-state index in [9.17, 15) is 4.79 Å². The number of fused-ring (bicyclic) bond motifs is 2. The van der Waals surface area contributed by atoms with Crippen LogP contribution in [0.3, 0.4) is 0 Å². The molecule has 2 aromatic heterocycles. The van der Waals surface area contributed by atoms with Crippen molar-refractivity contribution in [2.45, 2.75) is 19.8 Å². The van der Waals surface area contributed by atoms with Crippen molar-refractivity contribution >= 4 is 11.7 Å². The van der Waals surface area contributed by atoms with Crippen molar-refractivity contribution in [2.24, 2.45) is 11.8 Å². The van der Waals surface area contributed by atoms with Crippen LogP contribution in [0.25, 0.3) is 5.78 Å². The maximum Gasteiger partial charge on any atom is 0.293 e. The highest BCUT2D eigenvalue weighted by Crippen LogP contribution is 2.35. The van der Waals surface area contributed by atoms with Crippen LogP contribution < -0.4 is 0 Å². The Hall–Kier alpha value is -2.24. The van der Waals surface area contributed by atoms with E-state index in [4.69, 9.17) is 0 Å². The second-order valence-corrected chi connectivity index (χ2v) is 6.02. The summed E-state index contributed by atoms with van der Waals surface area (Å²) in [5.41, 5.74) is 1.45. The number of likely N-dealkylation sites (tertiary alicyclic amines) is 1. The monoisotopic (exact) mass is 283 g/mol. The Labute approximate surface area is 122 Å². The van der Waals surface area contributed by atoms with Gasteiger partial charge in [0.1, 0.15) is 0 Å². The van der Waals surface area contributed by atoms with Crippen molar-refractivity contribution in [1.29, 1.82) is 0 Å². The van der Waals surface area contributed by atoms with Crippen LogP contribution >= 0.6 is 0 Å². The first-order chi connectivity index (χ1) is 10.2. The van der Waals surface area contributed by atoms with Gasteiger partial charge in [0.05, 0.1) is 0 Å². The molecule has 3 heterocycles. The Balaban J connectivity index is 1.56. The van der Waals surface area contributed by atoms with Crippen molar-refractivity contribution in [3.8, 4) is 0 Å². The van der Waals surface area contributed by atoms with Gasteiger partial charge in [0, 0.05) is 25.5 Å². The molecule has 6 heteroatoms. The molecule has 2 atom stereocenters. The average molecular weight is 283 g/mol. The van der Waals surface area contributed by atoms with Crippen molar-refractivity contribution in [2.75, 3.05) is 13.1 Å². The summed E-state index contributed by atoms with van der Waals surface area (Å²) in [6, 6.07) is 1.77. The second-order valence-electron chi connectivity index (χ2n) is 6.02. The summed E-state index contributed by atoms with van der Waals surface area (Å²) in [6.07, 6.45) is 7.90. The van der Waals surface area contributed by atoms with E-state index in [2.05, 4.69) is 28.1 Å². The lowest BCUT2D eigenvalue weighted by atomic mass is 9.83. The third-order valence-corrected chi connectivity index (χ3v) is 4.52. The molecule has 21 heavy (non-hydrogen) atoms. The zero-order chi connectivity index (χ0) is 14.4.